The SMILES string of the molecule is CCOCCCN1C(=O)C(c2ccc(OCC)cc2)=C(N2CCCCC2)C1=O. The Balaban J connectivity index is 1.89. The average molecular weight is 386 g/mol. The van der Waals surface area contributed by atoms with Crippen LogP contribution in [0.3, 0.4) is 0 Å². The summed E-state index contributed by atoms with van der Waals surface area (Å²) in [7, 11) is 0. The van der Waals surface area contributed by atoms with Crippen molar-refractivity contribution < 1.29 is 19.1 Å². The molecule has 2 aliphatic heterocycles. The smallest absolute Gasteiger partial charge is 0.277 e. The van der Waals surface area contributed by atoms with Gasteiger partial charge in [-0.15, -0.1) is 0 Å². The zero-order valence-corrected chi connectivity index (χ0v) is 16.9. The molecular formula is C22H30N2O4. The molecule has 0 spiro atoms. The molecule has 1 fully saturated rings. The largest absolute Gasteiger partial charge is 0.494 e. The van der Waals surface area contributed by atoms with Crippen LogP contribution in [0.5, 0.6) is 5.75 Å². The lowest BCUT2D eigenvalue weighted by atomic mass is 10.0. The highest BCUT2D eigenvalue weighted by atomic mass is 16.5. The summed E-state index contributed by atoms with van der Waals surface area (Å²) >= 11 is 0. The molecule has 0 radical (unpaired) electrons. The predicted molar refractivity (Wildman–Crippen MR) is 108 cm³/mol. The monoisotopic (exact) mass is 386 g/mol. The Bertz CT molecular complexity index is 721. The minimum absolute atomic E-state index is 0.174. The maximum absolute atomic E-state index is 13.2. The quantitative estimate of drug-likeness (QED) is 0.482. The van der Waals surface area contributed by atoms with Crippen LogP contribution in [-0.2, 0) is 14.3 Å². The lowest BCUT2D eigenvalue weighted by Crippen LogP contribution is -2.37. The number of amides is 2. The van der Waals surface area contributed by atoms with Crippen molar-refractivity contribution in [2.75, 3.05) is 39.5 Å². The summed E-state index contributed by atoms with van der Waals surface area (Å²) in [6.45, 7) is 7.67. The van der Waals surface area contributed by atoms with Crippen molar-refractivity contribution in [3.8, 4) is 5.75 Å². The third kappa shape index (κ3) is 4.38. The highest BCUT2D eigenvalue weighted by Gasteiger charge is 2.41. The lowest BCUT2D eigenvalue weighted by Gasteiger charge is -2.29. The van der Waals surface area contributed by atoms with Crippen LogP contribution in [0.15, 0.2) is 30.0 Å². The molecule has 0 atom stereocenters. The van der Waals surface area contributed by atoms with Gasteiger partial charge in [0.25, 0.3) is 11.8 Å². The van der Waals surface area contributed by atoms with Gasteiger partial charge in [0.1, 0.15) is 11.4 Å². The zero-order valence-electron chi connectivity index (χ0n) is 16.9. The molecule has 0 aromatic heterocycles. The summed E-state index contributed by atoms with van der Waals surface area (Å²) in [5.41, 5.74) is 1.85. The number of benzene rings is 1. The van der Waals surface area contributed by atoms with E-state index >= 15 is 0 Å². The highest BCUT2D eigenvalue weighted by Crippen LogP contribution is 2.33. The molecule has 1 aromatic carbocycles. The zero-order chi connectivity index (χ0) is 19.9. The van der Waals surface area contributed by atoms with Gasteiger partial charge in [-0.3, -0.25) is 14.5 Å². The maximum atomic E-state index is 13.2. The van der Waals surface area contributed by atoms with E-state index in [2.05, 4.69) is 4.90 Å². The number of nitrogens with zero attached hydrogens (tertiary/aromatic N) is 2. The van der Waals surface area contributed by atoms with E-state index in [1.54, 1.807) is 0 Å². The first-order valence-electron chi connectivity index (χ1n) is 10.3. The number of hydrogen-bond acceptors (Lipinski definition) is 5. The van der Waals surface area contributed by atoms with Gasteiger partial charge in [-0.25, -0.2) is 0 Å². The lowest BCUT2D eigenvalue weighted by molar-refractivity contribution is -0.137. The van der Waals surface area contributed by atoms with E-state index in [1.165, 1.54) is 11.3 Å². The second kappa shape index (κ2) is 9.73. The van der Waals surface area contributed by atoms with Crippen LogP contribution in [0, 0.1) is 0 Å². The number of imide groups is 1. The van der Waals surface area contributed by atoms with Crippen LogP contribution in [0.4, 0.5) is 0 Å². The van der Waals surface area contributed by atoms with E-state index in [1.807, 2.05) is 38.1 Å². The fraction of sp³-hybridized carbons (Fsp3) is 0.545. The van der Waals surface area contributed by atoms with Gasteiger partial charge in [0.15, 0.2) is 0 Å². The molecule has 152 valence electrons. The molecule has 6 nitrogen and oxygen atoms in total. The maximum Gasteiger partial charge on any atom is 0.277 e. The van der Waals surface area contributed by atoms with Crippen molar-refractivity contribution in [2.24, 2.45) is 0 Å². The molecule has 2 aliphatic rings. The Morgan fingerprint density at radius 2 is 1.64 bits per heavy atom. The first kappa shape index (κ1) is 20.4. The molecular weight excluding hydrogens is 356 g/mol. The van der Waals surface area contributed by atoms with Crippen molar-refractivity contribution in [1.82, 2.24) is 9.80 Å². The Morgan fingerprint density at radius 1 is 0.929 bits per heavy atom. The first-order valence-corrected chi connectivity index (χ1v) is 10.3. The van der Waals surface area contributed by atoms with Gasteiger partial charge in [-0.05, 0) is 57.2 Å². The molecule has 1 saturated heterocycles. The Kier molecular flexibility index (Phi) is 7.09. The van der Waals surface area contributed by atoms with Crippen molar-refractivity contribution in [2.45, 2.75) is 39.5 Å². The topological polar surface area (TPSA) is 59.1 Å². The number of ether oxygens (including phenoxy) is 2. The van der Waals surface area contributed by atoms with Crippen LogP contribution >= 0.6 is 0 Å². The standard InChI is InChI=1S/C22H30N2O4/c1-3-27-16-8-15-24-21(25)19(17-9-11-18(12-10-17)28-4-2)20(22(24)26)23-13-6-5-7-14-23/h9-12H,3-8,13-16H2,1-2H3. The summed E-state index contributed by atoms with van der Waals surface area (Å²) < 4.78 is 10.9. The predicted octanol–water partition coefficient (Wildman–Crippen LogP) is 3.08. The van der Waals surface area contributed by atoms with E-state index in [9.17, 15) is 9.59 Å². The van der Waals surface area contributed by atoms with E-state index < -0.39 is 0 Å². The van der Waals surface area contributed by atoms with Crippen LogP contribution in [0.2, 0.25) is 0 Å². The van der Waals surface area contributed by atoms with Gasteiger partial charge in [0, 0.05) is 32.8 Å². The molecule has 1 aromatic rings. The van der Waals surface area contributed by atoms with Gasteiger partial charge < -0.3 is 14.4 Å². The van der Waals surface area contributed by atoms with Crippen LogP contribution in [0.25, 0.3) is 5.57 Å². The molecule has 0 aliphatic carbocycles. The molecule has 0 unspecified atom stereocenters. The van der Waals surface area contributed by atoms with Crippen LogP contribution < -0.4 is 4.74 Å². The number of rotatable bonds is 9. The van der Waals surface area contributed by atoms with E-state index in [0.29, 0.717) is 44.1 Å². The third-order valence-electron chi connectivity index (χ3n) is 5.14. The van der Waals surface area contributed by atoms with Gasteiger partial charge >= 0.3 is 0 Å². The van der Waals surface area contributed by atoms with Gasteiger partial charge in [0.2, 0.25) is 0 Å². The highest BCUT2D eigenvalue weighted by molar-refractivity contribution is 6.35. The molecule has 0 bridgehead atoms. The van der Waals surface area contributed by atoms with Crippen molar-refractivity contribution >= 4 is 17.4 Å². The Morgan fingerprint density at radius 3 is 2.29 bits per heavy atom. The molecule has 0 N–H and O–H groups in total. The third-order valence-corrected chi connectivity index (χ3v) is 5.14. The fourth-order valence-corrected chi connectivity index (χ4v) is 3.79. The van der Waals surface area contributed by atoms with Crippen LogP contribution in [0.1, 0.15) is 45.1 Å². The van der Waals surface area contributed by atoms with Crippen molar-refractivity contribution in [3.05, 3.63) is 35.5 Å². The van der Waals surface area contributed by atoms with Gasteiger partial charge in [-0.2, -0.15) is 0 Å². The first-order chi connectivity index (χ1) is 13.7. The van der Waals surface area contributed by atoms with E-state index in [0.717, 1.165) is 37.2 Å². The van der Waals surface area contributed by atoms with Gasteiger partial charge in [0.05, 0.1) is 12.2 Å². The van der Waals surface area contributed by atoms with E-state index in [4.69, 9.17) is 9.47 Å². The minimum atomic E-state index is -0.203. The number of carbonyl (C=O) groups is 2. The summed E-state index contributed by atoms with van der Waals surface area (Å²) in [6.07, 6.45) is 3.91. The Labute approximate surface area is 167 Å². The average Bonchev–Trinajstić information content (AvgIpc) is 2.97. The van der Waals surface area contributed by atoms with Crippen LogP contribution in [-0.4, -0.2) is 61.1 Å². The summed E-state index contributed by atoms with van der Waals surface area (Å²) in [4.78, 5) is 29.8. The number of carbonyl (C=O) groups excluding carboxylic acids is 2. The molecule has 0 saturated carbocycles. The minimum Gasteiger partial charge on any atom is -0.494 e. The molecule has 6 heteroatoms. The number of piperidine rings is 1. The second-order valence-corrected chi connectivity index (χ2v) is 7.04. The summed E-state index contributed by atoms with van der Waals surface area (Å²) in [6, 6.07) is 7.46. The molecule has 28 heavy (non-hydrogen) atoms. The fourth-order valence-electron chi connectivity index (χ4n) is 3.79. The van der Waals surface area contributed by atoms with E-state index in [-0.39, 0.29) is 11.8 Å². The van der Waals surface area contributed by atoms with Crippen molar-refractivity contribution in [1.29, 1.82) is 0 Å². The molecule has 2 heterocycles. The number of hydrogen-bond donors (Lipinski definition) is 0. The number of likely N-dealkylation sites (tertiary alicyclic amines) is 1. The molecule has 2 amide bonds. The van der Waals surface area contributed by atoms with Gasteiger partial charge in [-0.1, -0.05) is 12.1 Å². The van der Waals surface area contributed by atoms with Crippen molar-refractivity contribution in [3.63, 3.8) is 0 Å². The second-order valence-electron chi connectivity index (χ2n) is 7.04. The normalized spacial score (nSPS) is 17.6. The Hall–Kier alpha value is -2.34. The molecule has 3 rings (SSSR count). The summed E-state index contributed by atoms with van der Waals surface area (Å²) in [5, 5.41) is 0. The summed E-state index contributed by atoms with van der Waals surface area (Å²) in [5.74, 6) is 0.384.